The van der Waals surface area contributed by atoms with Crippen LogP contribution >= 0.6 is 11.6 Å². The first kappa shape index (κ1) is 12.7. The van der Waals surface area contributed by atoms with Crippen LogP contribution in [-0.2, 0) is 6.54 Å². The molecule has 0 aliphatic heterocycles. The van der Waals surface area contributed by atoms with Crippen LogP contribution < -0.4 is 10.2 Å². The van der Waals surface area contributed by atoms with Gasteiger partial charge in [0, 0.05) is 29.8 Å². The maximum atomic E-state index is 6.09. The van der Waals surface area contributed by atoms with E-state index in [1.807, 2.05) is 6.07 Å². The average Bonchev–Trinajstić information content (AvgIpc) is 3.14. The fourth-order valence-corrected chi connectivity index (χ4v) is 2.44. The van der Waals surface area contributed by atoms with Crippen molar-refractivity contribution in [2.75, 3.05) is 18.0 Å². The fourth-order valence-electron chi connectivity index (χ4n) is 2.25. The van der Waals surface area contributed by atoms with Crippen LogP contribution in [0.25, 0.3) is 0 Å². The third-order valence-corrected chi connectivity index (χ3v) is 3.48. The van der Waals surface area contributed by atoms with Gasteiger partial charge in [0.2, 0.25) is 0 Å². The Morgan fingerprint density at radius 3 is 2.71 bits per heavy atom. The second kappa shape index (κ2) is 5.74. The molecule has 1 N–H and O–H groups in total. The Morgan fingerprint density at radius 2 is 2.12 bits per heavy atom. The Bertz CT molecular complexity index is 374. The molecule has 0 heterocycles. The highest BCUT2D eigenvalue weighted by molar-refractivity contribution is 6.30. The molecule has 2 nitrogen and oxygen atoms in total. The molecule has 1 aromatic carbocycles. The van der Waals surface area contributed by atoms with Gasteiger partial charge in [-0.25, -0.2) is 0 Å². The first-order chi connectivity index (χ1) is 8.26. The smallest absolute Gasteiger partial charge is 0.0415 e. The summed E-state index contributed by atoms with van der Waals surface area (Å²) in [5, 5.41) is 4.21. The van der Waals surface area contributed by atoms with E-state index in [9.17, 15) is 0 Å². The Balaban J connectivity index is 2.23. The van der Waals surface area contributed by atoms with Crippen molar-refractivity contribution in [2.45, 2.75) is 39.3 Å². The lowest BCUT2D eigenvalue weighted by atomic mass is 10.1. The van der Waals surface area contributed by atoms with Crippen molar-refractivity contribution in [3.05, 3.63) is 28.8 Å². The minimum Gasteiger partial charge on any atom is -0.369 e. The standard InChI is InChI=1S/C14H21ClN2/c1-3-16-10-11-9-12(15)5-8-14(11)17(4-2)13-6-7-13/h5,8-9,13,16H,3-4,6-7,10H2,1-2H3. The van der Waals surface area contributed by atoms with Gasteiger partial charge in [-0.15, -0.1) is 0 Å². The van der Waals surface area contributed by atoms with Crippen LogP contribution in [0.3, 0.4) is 0 Å². The first-order valence-electron chi connectivity index (χ1n) is 6.52. The van der Waals surface area contributed by atoms with Gasteiger partial charge in [0.15, 0.2) is 0 Å². The van der Waals surface area contributed by atoms with Crippen LogP contribution in [-0.4, -0.2) is 19.1 Å². The van der Waals surface area contributed by atoms with E-state index in [-0.39, 0.29) is 0 Å². The van der Waals surface area contributed by atoms with E-state index in [0.29, 0.717) is 0 Å². The minimum atomic E-state index is 0.751. The molecule has 1 aliphatic carbocycles. The molecule has 0 bridgehead atoms. The van der Waals surface area contributed by atoms with E-state index < -0.39 is 0 Å². The van der Waals surface area contributed by atoms with E-state index in [2.05, 4.69) is 36.2 Å². The van der Waals surface area contributed by atoms with Gasteiger partial charge in [-0.2, -0.15) is 0 Å². The zero-order chi connectivity index (χ0) is 12.3. The molecule has 94 valence electrons. The Kier molecular flexibility index (Phi) is 4.30. The molecule has 0 spiro atoms. The average molecular weight is 253 g/mol. The molecule has 1 aromatic rings. The van der Waals surface area contributed by atoms with Crippen LogP contribution in [0.1, 0.15) is 32.3 Å². The molecule has 1 fully saturated rings. The molecule has 0 unspecified atom stereocenters. The second-order valence-electron chi connectivity index (χ2n) is 4.57. The van der Waals surface area contributed by atoms with Crippen LogP contribution in [0, 0.1) is 0 Å². The third kappa shape index (κ3) is 3.14. The summed E-state index contributed by atoms with van der Waals surface area (Å²) in [5.41, 5.74) is 2.66. The zero-order valence-corrected chi connectivity index (χ0v) is 11.4. The second-order valence-corrected chi connectivity index (χ2v) is 5.01. The largest absolute Gasteiger partial charge is 0.369 e. The van der Waals surface area contributed by atoms with Gasteiger partial charge in [-0.3, -0.25) is 0 Å². The molecule has 2 rings (SSSR count). The van der Waals surface area contributed by atoms with Crippen LogP contribution in [0.2, 0.25) is 5.02 Å². The first-order valence-corrected chi connectivity index (χ1v) is 6.89. The molecular formula is C14H21ClN2. The summed E-state index contributed by atoms with van der Waals surface area (Å²) in [5.74, 6) is 0. The number of rotatable bonds is 6. The maximum absolute atomic E-state index is 6.09. The summed E-state index contributed by atoms with van der Waals surface area (Å²) in [6.45, 7) is 7.31. The monoisotopic (exact) mass is 252 g/mol. The van der Waals surface area contributed by atoms with Crippen molar-refractivity contribution >= 4 is 17.3 Å². The van der Waals surface area contributed by atoms with Gasteiger partial charge < -0.3 is 10.2 Å². The van der Waals surface area contributed by atoms with E-state index in [0.717, 1.165) is 30.7 Å². The highest BCUT2D eigenvalue weighted by atomic mass is 35.5. The van der Waals surface area contributed by atoms with Crippen molar-refractivity contribution in [1.82, 2.24) is 5.32 Å². The molecule has 1 aliphatic rings. The van der Waals surface area contributed by atoms with Crippen LogP contribution in [0.5, 0.6) is 0 Å². The van der Waals surface area contributed by atoms with Crippen molar-refractivity contribution in [1.29, 1.82) is 0 Å². The molecule has 3 heteroatoms. The lowest BCUT2D eigenvalue weighted by Crippen LogP contribution is -2.27. The molecule has 0 radical (unpaired) electrons. The van der Waals surface area contributed by atoms with E-state index >= 15 is 0 Å². The van der Waals surface area contributed by atoms with Gasteiger partial charge >= 0.3 is 0 Å². The summed E-state index contributed by atoms with van der Waals surface area (Å²) >= 11 is 6.09. The van der Waals surface area contributed by atoms with Crippen molar-refractivity contribution < 1.29 is 0 Å². The molecule has 0 amide bonds. The predicted molar refractivity (Wildman–Crippen MR) is 74.9 cm³/mol. The third-order valence-electron chi connectivity index (χ3n) is 3.24. The fraction of sp³-hybridized carbons (Fsp3) is 0.571. The number of nitrogens with one attached hydrogen (secondary N) is 1. The van der Waals surface area contributed by atoms with Crippen molar-refractivity contribution in [3.63, 3.8) is 0 Å². The number of benzene rings is 1. The molecular weight excluding hydrogens is 232 g/mol. The van der Waals surface area contributed by atoms with E-state index in [4.69, 9.17) is 11.6 Å². The summed E-state index contributed by atoms with van der Waals surface area (Å²) in [7, 11) is 0. The molecule has 1 saturated carbocycles. The van der Waals surface area contributed by atoms with E-state index in [1.165, 1.54) is 24.1 Å². The topological polar surface area (TPSA) is 15.3 Å². The summed E-state index contributed by atoms with van der Waals surface area (Å²) in [4.78, 5) is 2.50. The Morgan fingerprint density at radius 1 is 1.35 bits per heavy atom. The van der Waals surface area contributed by atoms with E-state index in [1.54, 1.807) is 0 Å². The maximum Gasteiger partial charge on any atom is 0.0415 e. The normalized spacial score (nSPS) is 15.0. The van der Waals surface area contributed by atoms with Gasteiger partial charge in [0.25, 0.3) is 0 Å². The molecule has 17 heavy (non-hydrogen) atoms. The Hall–Kier alpha value is -0.730. The van der Waals surface area contributed by atoms with Crippen LogP contribution in [0.15, 0.2) is 18.2 Å². The van der Waals surface area contributed by atoms with Crippen molar-refractivity contribution in [3.8, 4) is 0 Å². The number of hydrogen-bond donors (Lipinski definition) is 1. The summed E-state index contributed by atoms with van der Waals surface area (Å²) in [6, 6.07) is 7.00. The Labute approximate surface area is 109 Å². The molecule has 0 atom stereocenters. The minimum absolute atomic E-state index is 0.751. The van der Waals surface area contributed by atoms with Gasteiger partial charge in [0.05, 0.1) is 0 Å². The lowest BCUT2D eigenvalue weighted by Gasteiger charge is -2.26. The van der Waals surface area contributed by atoms with Crippen LogP contribution in [0.4, 0.5) is 5.69 Å². The molecule has 0 aromatic heterocycles. The molecule has 0 saturated heterocycles. The van der Waals surface area contributed by atoms with Crippen molar-refractivity contribution in [2.24, 2.45) is 0 Å². The number of anilines is 1. The number of hydrogen-bond acceptors (Lipinski definition) is 2. The highest BCUT2D eigenvalue weighted by Gasteiger charge is 2.29. The summed E-state index contributed by atoms with van der Waals surface area (Å²) in [6.07, 6.45) is 2.66. The number of nitrogens with zero attached hydrogens (tertiary/aromatic N) is 1. The quantitative estimate of drug-likeness (QED) is 0.835. The highest BCUT2D eigenvalue weighted by Crippen LogP contribution is 2.34. The van der Waals surface area contributed by atoms with Gasteiger partial charge in [-0.1, -0.05) is 18.5 Å². The van der Waals surface area contributed by atoms with Gasteiger partial charge in [0.1, 0.15) is 0 Å². The lowest BCUT2D eigenvalue weighted by molar-refractivity contribution is 0.718. The number of halogens is 1. The van der Waals surface area contributed by atoms with Gasteiger partial charge in [-0.05, 0) is 50.1 Å². The predicted octanol–water partition coefficient (Wildman–Crippen LogP) is 3.44. The summed E-state index contributed by atoms with van der Waals surface area (Å²) < 4.78 is 0. The zero-order valence-electron chi connectivity index (χ0n) is 10.7. The SMILES string of the molecule is CCNCc1cc(Cl)ccc1N(CC)C1CC1.